The Labute approximate surface area is 87.9 Å². The number of fused-ring (bicyclic) bond motifs is 5. The minimum atomic E-state index is -0.734. The van der Waals surface area contributed by atoms with Crippen LogP contribution in [0.2, 0.25) is 0 Å². The fourth-order valence-electron chi connectivity index (χ4n) is 3.72. The molecule has 4 atom stereocenters. The van der Waals surface area contributed by atoms with Gasteiger partial charge in [0.2, 0.25) is 0 Å². The third-order valence-electron chi connectivity index (χ3n) is 4.67. The van der Waals surface area contributed by atoms with Crippen LogP contribution >= 0.6 is 0 Å². The summed E-state index contributed by atoms with van der Waals surface area (Å²) in [7, 11) is 0. The van der Waals surface area contributed by atoms with Crippen molar-refractivity contribution < 1.29 is 19.1 Å². The lowest BCUT2D eigenvalue weighted by atomic mass is 9.57. The molecule has 3 aliphatic rings. The molecule has 4 heteroatoms. The molecule has 3 heterocycles. The van der Waals surface area contributed by atoms with Gasteiger partial charge in [0.25, 0.3) is 0 Å². The normalized spacial score (nSPS) is 52.1. The van der Waals surface area contributed by atoms with Crippen LogP contribution in [0.15, 0.2) is 0 Å². The maximum Gasteiger partial charge on any atom is 0.323 e. The van der Waals surface area contributed by atoms with Crippen LogP contribution in [0.25, 0.3) is 0 Å². The largest absolute Gasteiger partial charge is 0.392 e. The first-order valence-electron chi connectivity index (χ1n) is 5.49. The van der Waals surface area contributed by atoms with E-state index in [1.54, 1.807) is 0 Å². The Balaban J connectivity index is 2.21. The molecule has 0 N–H and O–H groups in total. The number of esters is 2. The molecule has 4 unspecified atom stereocenters. The second kappa shape index (κ2) is 2.43. The van der Waals surface area contributed by atoms with E-state index in [0.717, 1.165) is 12.8 Å². The molecule has 0 aromatic heterocycles. The van der Waals surface area contributed by atoms with Gasteiger partial charge in [-0.3, -0.25) is 9.59 Å². The van der Waals surface area contributed by atoms with Crippen LogP contribution in [0.5, 0.6) is 0 Å². The molecule has 3 saturated heterocycles. The van der Waals surface area contributed by atoms with E-state index in [4.69, 9.17) is 9.47 Å². The fraction of sp³-hybridized carbons (Fsp3) is 0.818. The van der Waals surface area contributed by atoms with Crippen LogP contribution in [0.1, 0.15) is 33.1 Å². The van der Waals surface area contributed by atoms with E-state index in [1.807, 2.05) is 13.8 Å². The molecule has 0 saturated carbocycles. The molecular formula is C11H14O4. The van der Waals surface area contributed by atoms with E-state index in [0.29, 0.717) is 6.42 Å². The molecule has 3 aliphatic heterocycles. The van der Waals surface area contributed by atoms with Gasteiger partial charge in [-0.05, 0) is 26.2 Å². The predicted octanol–water partition coefficient (Wildman–Crippen LogP) is 1.03. The molecule has 2 bridgehead atoms. The summed E-state index contributed by atoms with van der Waals surface area (Å²) in [6.07, 6.45) is 2.12. The number of carbonyl (C=O) groups excluding carboxylic acids is 2. The number of rotatable bonds is 1. The molecule has 0 radical (unpaired) electrons. The maximum atomic E-state index is 11.9. The quantitative estimate of drug-likeness (QED) is 0.479. The summed E-state index contributed by atoms with van der Waals surface area (Å²) in [5.74, 6) is -0.758. The first kappa shape index (κ1) is 9.33. The van der Waals surface area contributed by atoms with Gasteiger partial charge < -0.3 is 9.47 Å². The van der Waals surface area contributed by atoms with Gasteiger partial charge in [-0.1, -0.05) is 6.92 Å². The number of cyclic esters (lactones) is 2. The second-order valence-electron chi connectivity index (χ2n) is 4.89. The highest BCUT2D eigenvalue weighted by Gasteiger charge is 2.78. The summed E-state index contributed by atoms with van der Waals surface area (Å²) in [6, 6.07) is 0. The van der Waals surface area contributed by atoms with Gasteiger partial charge in [0, 0.05) is 0 Å². The molecule has 4 nitrogen and oxygen atoms in total. The lowest BCUT2D eigenvalue weighted by molar-refractivity contribution is -0.159. The van der Waals surface area contributed by atoms with E-state index < -0.39 is 10.8 Å². The molecule has 82 valence electrons. The Kier molecular flexibility index (Phi) is 1.51. The molecule has 0 aromatic carbocycles. The van der Waals surface area contributed by atoms with Crippen LogP contribution in [-0.4, -0.2) is 24.1 Å². The lowest BCUT2D eigenvalue weighted by Crippen LogP contribution is -2.50. The molecule has 3 fully saturated rings. The van der Waals surface area contributed by atoms with Crippen LogP contribution in [-0.2, 0) is 19.1 Å². The Morgan fingerprint density at radius 1 is 1.27 bits per heavy atom. The lowest BCUT2D eigenvalue weighted by Gasteiger charge is -2.36. The molecule has 3 rings (SSSR count). The number of ether oxygens (including phenoxy) is 2. The highest BCUT2D eigenvalue weighted by molar-refractivity contribution is 6.03. The number of hydrogen-bond donors (Lipinski definition) is 0. The van der Waals surface area contributed by atoms with Gasteiger partial charge >= 0.3 is 11.9 Å². The van der Waals surface area contributed by atoms with Crippen LogP contribution in [0, 0.1) is 10.8 Å². The first-order valence-corrected chi connectivity index (χ1v) is 5.49. The summed E-state index contributed by atoms with van der Waals surface area (Å²) in [6.45, 7) is 3.76. The third kappa shape index (κ3) is 0.698. The van der Waals surface area contributed by atoms with Crippen molar-refractivity contribution in [3.8, 4) is 0 Å². The van der Waals surface area contributed by atoms with E-state index >= 15 is 0 Å². The molecular weight excluding hydrogens is 196 g/mol. The van der Waals surface area contributed by atoms with Crippen LogP contribution in [0.4, 0.5) is 0 Å². The molecule has 15 heavy (non-hydrogen) atoms. The average Bonchev–Trinajstić information content (AvgIpc) is 2.80. The monoisotopic (exact) mass is 210 g/mol. The van der Waals surface area contributed by atoms with E-state index in [1.165, 1.54) is 0 Å². The zero-order valence-corrected chi connectivity index (χ0v) is 8.91. The Hall–Kier alpha value is -0.900. The van der Waals surface area contributed by atoms with Gasteiger partial charge in [0.05, 0.1) is 12.2 Å². The van der Waals surface area contributed by atoms with Crippen molar-refractivity contribution in [2.45, 2.75) is 45.3 Å². The highest BCUT2D eigenvalue weighted by Crippen LogP contribution is 2.65. The minimum Gasteiger partial charge on any atom is -0.392 e. The topological polar surface area (TPSA) is 52.6 Å². The number of hydrogen-bond acceptors (Lipinski definition) is 4. The Morgan fingerprint density at radius 3 is 2.53 bits per heavy atom. The van der Waals surface area contributed by atoms with Gasteiger partial charge in [0.1, 0.15) is 10.8 Å². The molecule has 0 amide bonds. The predicted molar refractivity (Wildman–Crippen MR) is 49.8 cm³/mol. The summed E-state index contributed by atoms with van der Waals surface area (Å²) < 4.78 is 10.6. The van der Waals surface area contributed by atoms with E-state index in [2.05, 4.69) is 0 Å². The number of carbonyl (C=O) groups is 2. The second-order valence-corrected chi connectivity index (χ2v) is 4.89. The summed E-state index contributed by atoms with van der Waals surface area (Å²) in [4.78, 5) is 23.7. The SMILES string of the molecule is CCC12C(=O)OC(=O)C1(C)C1CCC2O1. The first-order chi connectivity index (χ1) is 7.07. The zero-order chi connectivity index (χ0) is 10.8. The summed E-state index contributed by atoms with van der Waals surface area (Å²) in [5, 5.41) is 0. The molecule has 0 aliphatic carbocycles. The third-order valence-corrected chi connectivity index (χ3v) is 4.67. The molecule has 0 spiro atoms. The van der Waals surface area contributed by atoms with Gasteiger partial charge in [-0.15, -0.1) is 0 Å². The standard InChI is InChI=1S/C11H14O4/c1-3-11-7-5-4-6(14-7)10(11,2)8(12)15-9(11)13/h6-7H,3-5H2,1-2H3. The van der Waals surface area contributed by atoms with Crippen LogP contribution in [0.3, 0.4) is 0 Å². The van der Waals surface area contributed by atoms with Crippen LogP contribution < -0.4 is 0 Å². The van der Waals surface area contributed by atoms with Gasteiger partial charge in [-0.25, -0.2) is 0 Å². The summed E-state index contributed by atoms with van der Waals surface area (Å²) >= 11 is 0. The van der Waals surface area contributed by atoms with Crippen molar-refractivity contribution in [1.82, 2.24) is 0 Å². The minimum absolute atomic E-state index is 0.114. The zero-order valence-electron chi connectivity index (χ0n) is 8.91. The van der Waals surface area contributed by atoms with Crippen molar-refractivity contribution in [3.05, 3.63) is 0 Å². The van der Waals surface area contributed by atoms with Crippen molar-refractivity contribution >= 4 is 11.9 Å². The van der Waals surface area contributed by atoms with Crippen molar-refractivity contribution in [3.63, 3.8) is 0 Å². The average molecular weight is 210 g/mol. The Morgan fingerprint density at radius 2 is 1.93 bits per heavy atom. The van der Waals surface area contributed by atoms with Gasteiger partial charge in [-0.2, -0.15) is 0 Å². The molecule has 0 aromatic rings. The van der Waals surface area contributed by atoms with Crippen molar-refractivity contribution in [2.24, 2.45) is 10.8 Å². The van der Waals surface area contributed by atoms with E-state index in [-0.39, 0.29) is 24.1 Å². The van der Waals surface area contributed by atoms with Crippen molar-refractivity contribution in [2.75, 3.05) is 0 Å². The maximum absolute atomic E-state index is 11.9. The van der Waals surface area contributed by atoms with Gasteiger partial charge in [0.15, 0.2) is 0 Å². The fourth-order valence-corrected chi connectivity index (χ4v) is 3.72. The Bertz CT molecular complexity index is 364. The van der Waals surface area contributed by atoms with Crippen molar-refractivity contribution in [1.29, 1.82) is 0 Å². The smallest absolute Gasteiger partial charge is 0.323 e. The summed E-state index contributed by atoms with van der Waals surface area (Å²) in [5.41, 5.74) is -1.44. The van der Waals surface area contributed by atoms with E-state index in [9.17, 15) is 9.59 Å². The highest BCUT2D eigenvalue weighted by atomic mass is 16.6.